The van der Waals surface area contributed by atoms with Crippen molar-refractivity contribution in [2.24, 2.45) is 0 Å². The van der Waals surface area contributed by atoms with E-state index in [1.54, 1.807) is 6.07 Å². The van der Waals surface area contributed by atoms with Gasteiger partial charge in [-0.1, -0.05) is 30.3 Å². The second kappa shape index (κ2) is 4.98. The first kappa shape index (κ1) is 13.1. The number of H-pyrrole nitrogens is 1. The van der Waals surface area contributed by atoms with Gasteiger partial charge in [0, 0.05) is 12.2 Å². The van der Waals surface area contributed by atoms with Crippen LogP contribution in [0.15, 0.2) is 53.3 Å². The number of para-hydroxylation sites is 2. The third-order valence-corrected chi connectivity index (χ3v) is 4.42. The zero-order valence-electron chi connectivity index (χ0n) is 12.4. The number of hydrogen-bond acceptors (Lipinski definition) is 3. The van der Waals surface area contributed by atoms with E-state index >= 15 is 0 Å². The Morgan fingerprint density at radius 2 is 1.91 bits per heavy atom. The fourth-order valence-electron chi connectivity index (χ4n) is 3.22. The minimum atomic E-state index is -0.0695. The molecule has 4 rings (SSSR count). The van der Waals surface area contributed by atoms with Crippen LogP contribution in [0.25, 0.3) is 10.9 Å². The molecule has 22 heavy (non-hydrogen) atoms. The molecule has 1 unspecified atom stereocenters. The molecule has 0 aliphatic carbocycles. The monoisotopic (exact) mass is 291 g/mol. The van der Waals surface area contributed by atoms with Gasteiger partial charge in [-0.25, -0.2) is 4.98 Å². The summed E-state index contributed by atoms with van der Waals surface area (Å²) >= 11 is 0. The summed E-state index contributed by atoms with van der Waals surface area (Å²) in [6, 6.07) is 15.9. The number of aromatic amines is 1. The summed E-state index contributed by atoms with van der Waals surface area (Å²) in [7, 11) is 0. The molecular formula is C18H17N3O. The third kappa shape index (κ3) is 1.99. The van der Waals surface area contributed by atoms with Crippen molar-refractivity contribution in [3.05, 3.63) is 70.3 Å². The lowest BCUT2D eigenvalue weighted by molar-refractivity contribution is 0.654. The van der Waals surface area contributed by atoms with Crippen molar-refractivity contribution in [2.45, 2.75) is 19.4 Å². The number of hydrogen-bond donors (Lipinski definition) is 1. The topological polar surface area (TPSA) is 49.0 Å². The van der Waals surface area contributed by atoms with Crippen LogP contribution in [-0.2, 0) is 6.42 Å². The normalized spacial score (nSPS) is 15.0. The van der Waals surface area contributed by atoms with E-state index in [4.69, 9.17) is 0 Å². The van der Waals surface area contributed by atoms with Crippen LogP contribution in [-0.4, -0.2) is 16.5 Å². The van der Waals surface area contributed by atoms with E-state index in [0.29, 0.717) is 5.39 Å². The molecule has 4 nitrogen and oxygen atoms in total. The van der Waals surface area contributed by atoms with Crippen molar-refractivity contribution in [1.82, 2.24) is 9.97 Å². The Labute approximate surface area is 128 Å². The second-order valence-electron chi connectivity index (χ2n) is 5.72. The molecule has 0 amide bonds. The fourth-order valence-corrected chi connectivity index (χ4v) is 3.22. The van der Waals surface area contributed by atoms with E-state index in [0.717, 1.165) is 24.3 Å². The van der Waals surface area contributed by atoms with Gasteiger partial charge < -0.3 is 9.88 Å². The van der Waals surface area contributed by atoms with Crippen molar-refractivity contribution in [3.8, 4) is 0 Å². The van der Waals surface area contributed by atoms with Gasteiger partial charge in [-0.05, 0) is 37.1 Å². The van der Waals surface area contributed by atoms with Gasteiger partial charge in [0.1, 0.15) is 5.82 Å². The minimum Gasteiger partial charge on any atom is -0.361 e. The molecule has 0 spiro atoms. The summed E-state index contributed by atoms with van der Waals surface area (Å²) in [5, 5.41) is 0.639. The zero-order chi connectivity index (χ0) is 15.1. The molecule has 1 aliphatic heterocycles. The van der Waals surface area contributed by atoms with Gasteiger partial charge in [-0.15, -0.1) is 0 Å². The molecule has 4 heteroatoms. The third-order valence-electron chi connectivity index (χ3n) is 4.42. The molecular weight excluding hydrogens is 274 g/mol. The molecule has 2 heterocycles. The van der Waals surface area contributed by atoms with Gasteiger partial charge in [-0.3, -0.25) is 4.79 Å². The van der Waals surface area contributed by atoms with Crippen LogP contribution in [0.2, 0.25) is 0 Å². The Balaban J connectivity index is 1.78. The van der Waals surface area contributed by atoms with Crippen LogP contribution in [0.5, 0.6) is 0 Å². The number of nitrogens with zero attached hydrogens (tertiary/aromatic N) is 2. The molecule has 1 atom stereocenters. The first-order valence-corrected chi connectivity index (χ1v) is 7.57. The zero-order valence-corrected chi connectivity index (χ0v) is 12.4. The Hall–Kier alpha value is -2.62. The molecule has 110 valence electrons. The first-order chi connectivity index (χ1) is 10.7. The Morgan fingerprint density at radius 1 is 1.14 bits per heavy atom. The van der Waals surface area contributed by atoms with Gasteiger partial charge in [0.15, 0.2) is 0 Å². The average molecular weight is 291 g/mol. The lowest BCUT2D eigenvalue weighted by atomic mass is 10.1. The Kier molecular flexibility index (Phi) is 2.96. The number of benzene rings is 2. The van der Waals surface area contributed by atoms with Gasteiger partial charge in [-0.2, -0.15) is 0 Å². The van der Waals surface area contributed by atoms with E-state index in [-0.39, 0.29) is 11.6 Å². The molecule has 1 N–H and O–H groups in total. The maximum Gasteiger partial charge on any atom is 0.258 e. The molecule has 1 aromatic heterocycles. The van der Waals surface area contributed by atoms with Crippen molar-refractivity contribution < 1.29 is 0 Å². The van der Waals surface area contributed by atoms with Crippen molar-refractivity contribution in [2.75, 3.05) is 11.4 Å². The van der Waals surface area contributed by atoms with Gasteiger partial charge in [0.25, 0.3) is 5.56 Å². The molecule has 0 bridgehead atoms. The average Bonchev–Trinajstić information content (AvgIpc) is 2.98. The summed E-state index contributed by atoms with van der Waals surface area (Å²) in [6.07, 6.45) is 1.04. The molecule has 0 radical (unpaired) electrons. The van der Waals surface area contributed by atoms with Crippen LogP contribution in [0, 0.1) is 0 Å². The highest BCUT2D eigenvalue weighted by atomic mass is 16.1. The van der Waals surface area contributed by atoms with Crippen LogP contribution in [0.4, 0.5) is 5.69 Å². The second-order valence-corrected chi connectivity index (χ2v) is 5.72. The Bertz CT molecular complexity index is 900. The van der Waals surface area contributed by atoms with Crippen molar-refractivity contribution >= 4 is 16.6 Å². The highest BCUT2D eigenvalue weighted by Crippen LogP contribution is 2.33. The molecule has 0 saturated carbocycles. The highest BCUT2D eigenvalue weighted by molar-refractivity contribution is 5.77. The molecule has 0 fully saturated rings. The van der Waals surface area contributed by atoms with E-state index in [2.05, 4.69) is 46.1 Å². The molecule has 2 aromatic carbocycles. The number of rotatable bonds is 2. The van der Waals surface area contributed by atoms with Gasteiger partial charge in [0.05, 0.1) is 16.9 Å². The van der Waals surface area contributed by atoms with E-state index in [9.17, 15) is 4.79 Å². The van der Waals surface area contributed by atoms with Crippen LogP contribution in [0.3, 0.4) is 0 Å². The lowest BCUT2D eigenvalue weighted by Crippen LogP contribution is -2.28. The fraction of sp³-hybridized carbons (Fsp3) is 0.222. The summed E-state index contributed by atoms with van der Waals surface area (Å²) in [5.74, 6) is 0.723. The maximum absolute atomic E-state index is 12.3. The summed E-state index contributed by atoms with van der Waals surface area (Å²) in [5.41, 5.74) is 3.28. The number of fused-ring (bicyclic) bond motifs is 2. The van der Waals surface area contributed by atoms with E-state index in [1.807, 2.05) is 18.2 Å². The minimum absolute atomic E-state index is 0.0426. The first-order valence-electron chi connectivity index (χ1n) is 7.57. The Morgan fingerprint density at radius 3 is 2.82 bits per heavy atom. The van der Waals surface area contributed by atoms with Crippen molar-refractivity contribution in [1.29, 1.82) is 0 Å². The van der Waals surface area contributed by atoms with E-state index < -0.39 is 0 Å². The largest absolute Gasteiger partial charge is 0.361 e. The van der Waals surface area contributed by atoms with Crippen molar-refractivity contribution in [3.63, 3.8) is 0 Å². The lowest BCUT2D eigenvalue weighted by Gasteiger charge is -2.26. The van der Waals surface area contributed by atoms with Crippen LogP contribution in [0.1, 0.15) is 24.4 Å². The number of anilines is 1. The smallest absolute Gasteiger partial charge is 0.258 e. The standard InChI is InChI=1S/C18H17N3O/c1-12(21-11-10-13-6-2-5-9-16(13)21)17-19-15-8-4-3-7-14(15)18(22)20-17/h2-9,12H,10-11H2,1H3,(H,19,20,22). The predicted octanol–water partition coefficient (Wildman–Crippen LogP) is 3.05. The predicted molar refractivity (Wildman–Crippen MR) is 88.3 cm³/mol. The number of nitrogens with one attached hydrogen (secondary N) is 1. The van der Waals surface area contributed by atoms with Crippen LogP contribution >= 0.6 is 0 Å². The highest BCUT2D eigenvalue weighted by Gasteiger charge is 2.25. The molecule has 0 saturated heterocycles. The number of aromatic nitrogens is 2. The van der Waals surface area contributed by atoms with Gasteiger partial charge in [0.2, 0.25) is 0 Å². The quantitative estimate of drug-likeness (QED) is 0.789. The van der Waals surface area contributed by atoms with Gasteiger partial charge >= 0.3 is 0 Å². The van der Waals surface area contributed by atoms with Crippen LogP contribution < -0.4 is 10.5 Å². The summed E-state index contributed by atoms with van der Waals surface area (Å²) in [6.45, 7) is 3.05. The maximum atomic E-state index is 12.3. The SMILES string of the molecule is CC(c1nc2ccccc2c(=O)[nH]1)N1CCc2ccccc21. The molecule has 1 aliphatic rings. The summed E-state index contributed by atoms with van der Waals surface area (Å²) < 4.78 is 0. The summed E-state index contributed by atoms with van der Waals surface area (Å²) in [4.78, 5) is 22.2. The van der Waals surface area contributed by atoms with E-state index in [1.165, 1.54) is 11.3 Å². The molecule has 3 aromatic rings.